The van der Waals surface area contributed by atoms with Crippen molar-refractivity contribution < 1.29 is 9.13 Å². The summed E-state index contributed by atoms with van der Waals surface area (Å²) in [4.78, 5) is 0. The summed E-state index contributed by atoms with van der Waals surface area (Å²) in [5.74, 6) is 0.692. The summed E-state index contributed by atoms with van der Waals surface area (Å²) >= 11 is 0. The van der Waals surface area contributed by atoms with Crippen molar-refractivity contribution in [3.05, 3.63) is 71.1 Å². The molecule has 7 heteroatoms. The number of ether oxygens (including phenoxy) is 1. The Hall–Kier alpha value is -3.40. The minimum Gasteiger partial charge on any atom is -0.494 e. The van der Waals surface area contributed by atoms with E-state index in [9.17, 15) is 9.65 Å². The Morgan fingerprint density at radius 1 is 1.33 bits per heavy atom. The third kappa shape index (κ3) is 4.13. The molecule has 0 amide bonds. The maximum absolute atomic E-state index is 14.0. The zero-order valence-electron chi connectivity index (χ0n) is 17.2. The number of halogens is 1. The van der Waals surface area contributed by atoms with Crippen LogP contribution < -0.4 is 0 Å². The van der Waals surface area contributed by atoms with Gasteiger partial charge >= 0.3 is 0 Å². The Morgan fingerprint density at radius 3 is 2.83 bits per heavy atom. The van der Waals surface area contributed by atoms with Crippen molar-refractivity contribution in [1.29, 1.82) is 5.26 Å². The van der Waals surface area contributed by atoms with Gasteiger partial charge in [0.25, 0.3) is 0 Å². The van der Waals surface area contributed by atoms with Crippen LogP contribution in [0.5, 0.6) is 0 Å². The summed E-state index contributed by atoms with van der Waals surface area (Å²) in [6.45, 7) is 8.99. The third-order valence-corrected chi connectivity index (χ3v) is 5.17. The molecule has 30 heavy (non-hydrogen) atoms. The predicted molar refractivity (Wildman–Crippen MR) is 111 cm³/mol. The number of nitriles is 1. The van der Waals surface area contributed by atoms with E-state index in [0.717, 1.165) is 23.5 Å². The Morgan fingerprint density at radius 2 is 2.13 bits per heavy atom. The number of hydrogen-bond donors (Lipinski definition) is 0. The fourth-order valence-corrected chi connectivity index (χ4v) is 3.60. The molecule has 1 aromatic carbocycles. The first-order valence-electron chi connectivity index (χ1n) is 10.1. The molecule has 0 bridgehead atoms. The van der Waals surface area contributed by atoms with E-state index in [1.165, 1.54) is 25.0 Å². The van der Waals surface area contributed by atoms with E-state index in [2.05, 4.69) is 22.8 Å². The largest absolute Gasteiger partial charge is 0.494 e. The van der Waals surface area contributed by atoms with Gasteiger partial charge in [-0.05, 0) is 56.9 Å². The number of nitrogens with zero attached hydrogens (tertiary/aromatic N) is 5. The highest BCUT2D eigenvalue weighted by atomic mass is 19.1. The van der Waals surface area contributed by atoms with Gasteiger partial charge in [0.1, 0.15) is 17.6 Å². The van der Waals surface area contributed by atoms with E-state index < -0.39 is 0 Å². The molecule has 0 atom stereocenters. The topological polar surface area (TPSA) is 68.7 Å². The number of rotatable bonds is 8. The van der Waals surface area contributed by atoms with Crippen molar-refractivity contribution in [2.24, 2.45) is 5.92 Å². The summed E-state index contributed by atoms with van der Waals surface area (Å²) in [7, 11) is 0. The van der Waals surface area contributed by atoms with Crippen LogP contribution in [0.1, 0.15) is 48.0 Å². The second-order valence-corrected chi connectivity index (χ2v) is 7.66. The van der Waals surface area contributed by atoms with Gasteiger partial charge in [0.2, 0.25) is 0 Å². The zero-order valence-corrected chi connectivity index (χ0v) is 17.2. The van der Waals surface area contributed by atoms with Crippen LogP contribution in [0.3, 0.4) is 0 Å². The first-order valence-corrected chi connectivity index (χ1v) is 10.1. The molecule has 2 aromatic heterocycles. The Bertz CT molecular complexity index is 1130. The maximum atomic E-state index is 14.0. The minimum absolute atomic E-state index is 0.367. The molecule has 0 saturated heterocycles. The predicted octanol–water partition coefficient (Wildman–Crippen LogP) is 4.40. The van der Waals surface area contributed by atoms with Crippen LogP contribution in [0.25, 0.3) is 11.4 Å². The number of aromatic nitrogens is 4. The van der Waals surface area contributed by atoms with Crippen LogP contribution in [0.4, 0.5) is 4.39 Å². The second kappa shape index (κ2) is 8.15. The zero-order chi connectivity index (χ0) is 21.3. The Kier molecular flexibility index (Phi) is 5.40. The first-order chi connectivity index (χ1) is 14.5. The fraction of sp³-hybridized carbons (Fsp3) is 0.348. The Labute approximate surface area is 175 Å². The van der Waals surface area contributed by atoms with Crippen LogP contribution in [0, 0.1) is 30.0 Å². The van der Waals surface area contributed by atoms with Crippen molar-refractivity contribution in [3.63, 3.8) is 0 Å². The number of hydrogen-bond acceptors (Lipinski definition) is 4. The van der Waals surface area contributed by atoms with E-state index in [0.29, 0.717) is 41.6 Å². The fourth-order valence-electron chi connectivity index (χ4n) is 3.60. The molecule has 154 valence electrons. The lowest BCUT2D eigenvalue weighted by atomic mass is 10.1. The average Bonchev–Trinajstić information content (AvgIpc) is 3.33. The summed E-state index contributed by atoms with van der Waals surface area (Å²) < 4.78 is 23.1. The van der Waals surface area contributed by atoms with Gasteiger partial charge < -0.3 is 4.74 Å². The van der Waals surface area contributed by atoms with Gasteiger partial charge in [-0.1, -0.05) is 6.58 Å². The first kappa shape index (κ1) is 19.9. The molecule has 0 unspecified atom stereocenters. The van der Waals surface area contributed by atoms with Gasteiger partial charge in [0.15, 0.2) is 5.69 Å². The quantitative estimate of drug-likeness (QED) is 0.521. The summed E-state index contributed by atoms with van der Waals surface area (Å²) in [6.07, 6.45) is 4.89. The second-order valence-electron chi connectivity index (χ2n) is 7.66. The van der Waals surface area contributed by atoms with Gasteiger partial charge in [-0.3, -0.25) is 4.68 Å². The lowest BCUT2D eigenvalue weighted by Gasteiger charge is -2.15. The normalized spacial score (nSPS) is 13.3. The van der Waals surface area contributed by atoms with Gasteiger partial charge in [-0.2, -0.15) is 15.5 Å². The molecule has 0 N–H and O–H groups in total. The lowest BCUT2D eigenvalue weighted by molar-refractivity contribution is 0.299. The molecule has 3 aromatic rings. The van der Waals surface area contributed by atoms with Gasteiger partial charge in [0, 0.05) is 36.0 Å². The van der Waals surface area contributed by atoms with Crippen molar-refractivity contribution >= 4 is 5.76 Å². The highest BCUT2D eigenvalue weighted by molar-refractivity contribution is 5.67. The van der Waals surface area contributed by atoms with E-state index >= 15 is 0 Å². The van der Waals surface area contributed by atoms with Crippen LogP contribution in [-0.2, 0) is 17.7 Å². The third-order valence-electron chi connectivity index (χ3n) is 5.17. The highest BCUT2D eigenvalue weighted by Crippen LogP contribution is 2.31. The monoisotopic (exact) mass is 405 g/mol. The summed E-state index contributed by atoms with van der Waals surface area (Å²) in [6, 6.07) is 8.65. The van der Waals surface area contributed by atoms with Gasteiger partial charge in [-0.15, -0.1) is 0 Å². The van der Waals surface area contributed by atoms with Crippen molar-refractivity contribution in [2.75, 3.05) is 6.61 Å². The summed E-state index contributed by atoms with van der Waals surface area (Å²) in [5.41, 5.74) is 4.22. The number of aryl methyl sites for hydroxylation is 1. The van der Waals surface area contributed by atoms with Crippen molar-refractivity contribution in [1.82, 2.24) is 19.6 Å². The van der Waals surface area contributed by atoms with Crippen LogP contribution in [0.2, 0.25) is 0 Å². The smallest absolute Gasteiger partial charge is 0.166 e. The van der Waals surface area contributed by atoms with E-state index in [4.69, 9.17) is 4.74 Å². The summed E-state index contributed by atoms with van der Waals surface area (Å²) in [5, 5.41) is 18.6. The Balaban J connectivity index is 1.72. The minimum atomic E-state index is -0.367. The van der Waals surface area contributed by atoms with Gasteiger partial charge in [0.05, 0.1) is 18.0 Å². The number of benzene rings is 1. The molecule has 0 radical (unpaired) electrons. The molecule has 1 saturated carbocycles. The van der Waals surface area contributed by atoms with Crippen LogP contribution in [0.15, 0.2) is 37.0 Å². The molecule has 1 aliphatic carbocycles. The van der Waals surface area contributed by atoms with E-state index in [-0.39, 0.29) is 5.82 Å². The molecular formula is C23H24FN5O. The molecule has 0 spiro atoms. The average molecular weight is 405 g/mol. The van der Waals surface area contributed by atoms with Gasteiger partial charge in [-0.25, -0.2) is 9.07 Å². The molecular weight excluding hydrogens is 381 g/mol. The molecule has 2 heterocycles. The van der Waals surface area contributed by atoms with Crippen LogP contribution in [-0.4, -0.2) is 26.2 Å². The highest BCUT2D eigenvalue weighted by Gasteiger charge is 2.23. The van der Waals surface area contributed by atoms with Crippen molar-refractivity contribution in [3.8, 4) is 11.8 Å². The molecule has 1 aliphatic rings. The molecule has 0 aliphatic heterocycles. The van der Waals surface area contributed by atoms with E-state index in [1.807, 2.05) is 30.8 Å². The SMILES string of the molecule is C=C(OCC)c1cc(F)ccc1-n1nc(C)cc1Cc1cn(CC2CC2)nc1C#N. The van der Waals surface area contributed by atoms with E-state index in [1.54, 1.807) is 10.7 Å². The molecule has 6 nitrogen and oxygen atoms in total. The lowest BCUT2D eigenvalue weighted by Crippen LogP contribution is -2.07. The molecule has 1 fully saturated rings. The standard InChI is InChI=1S/C23H24FN5O/c1-4-30-16(3)21-11-19(24)7-8-23(21)29-20(9-15(2)26-29)10-18-14-28(13-17-5-6-17)27-22(18)12-25/h7-9,11,14,17H,3-6,10,13H2,1-2H3. The van der Waals surface area contributed by atoms with Crippen molar-refractivity contribution in [2.45, 2.75) is 39.7 Å². The van der Waals surface area contributed by atoms with Crippen LogP contribution >= 0.6 is 0 Å². The molecule has 4 rings (SSSR count). The maximum Gasteiger partial charge on any atom is 0.166 e.